The molecule has 6 heteroatoms. The van der Waals surface area contributed by atoms with Crippen LogP contribution in [0.3, 0.4) is 0 Å². The molecule has 1 atom stereocenters. The third-order valence-electron chi connectivity index (χ3n) is 4.54. The zero-order valence-corrected chi connectivity index (χ0v) is 15.4. The Labute approximate surface area is 167 Å². The fourth-order valence-electron chi connectivity index (χ4n) is 3.09. The predicted octanol–water partition coefficient (Wildman–Crippen LogP) is 3.28. The third kappa shape index (κ3) is 3.68. The molecule has 3 aromatic rings. The molecule has 0 radical (unpaired) electrons. The van der Waals surface area contributed by atoms with E-state index in [0.717, 1.165) is 5.01 Å². The van der Waals surface area contributed by atoms with Crippen LogP contribution in [0.15, 0.2) is 96.1 Å². The van der Waals surface area contributed by atoms with Gasteiger partial charge in [0.05, 0.1) is 5.69 Å². The van der Waals surface area contributed by atoms with Gasteiger partial charge in [-0.3, -0.25) is 14.4 Å². The van der Waals surface area contributed by atoms with Crippen molar-refractivity contribution in [3.63, 3.8) is 0 Å². The number of nitrogens with zero attached hydrogens (tertiary/aromatic N) is 2. The van der Waals surface area contributed by atoms with E-state index in [4.69, 9.17) is 0 Å². The first-order valence-electron chi connectivity index (χ1n) is 9.08. The molecule has 0 bridgehead atoms. The van der Waals surface area contributed by atoms with Gasteiger partial charge in [-0.25, -0.2) is 0 Å². The lowest BCUT2D eigenvalue weighted by molar-refractivity contribution is -0.118. The van der Waals surface area contributed by atoms with Crippen LogP contribution in [0.2, 0.25) is 0 Å². The minimum atomic E-state index is -1.22. The fourth-order valence-corrected chi connectivity index (χ4v) is 3.09. The highest BCUT2D eigenvalue weighted by Gasteiger charge is 2.43. The summed E-state index contributed by atoms with van der Waals surface area (Å²) < 4.78 is 0. The zero-order valence-electron chi connectivity index (χ0n) is 15.4. The molecule has 4 rings (SSSR count). The van der Waals surface area contributed by atoms with E-state index < -0.39 is 23.5 Å². The number of hydrogen-bond donors (Lipinski definition) is 1. The van der Waals surface area contributed by atoms with Crippen LogP contribution in [0.4, 0.5) is 5.69 Å². The average Bonchev–Trinajstić information content (AvgIpc) is 3.10. The van der Waals surface area contributed by atoms with E-state index in [1.165, 1.54) is 0 Å². The number of hydrazone groups is 1. The van der Waals surface area contributed by atoms with Crippen LogP contribution in [0, 0.1) is 5.92 Å². The van der Waals surface area contributed by atoms with E-state index in [1.54, 1.807) is 84.9 Å². The molecule has 1 aliphatic heterocycles. The van der Waals surface area contributed by atoms with Crippen LogP contribution in [-0.2, 0) is 4.79 Å². The molecule has 29 heavy (non-hydrogen) atoms. The maximum atomic E-state index is 13.1. The number of nitrogens with one attached hydrogen (secondary N) is 1. The van der Waals surface area contributed by atoms with Gasteiger partial charge in [-0.15, -0.1) is 0 Å². The Bertz CT molecular complexity index is 1080. The summed E-state index contributed by atoms with van der Waals surface area (Å²) in [6.07, 6.45) is 0. The van der Waals surface area contributed by atoms with Crippen LogP contribution < -0.4 is 10.3 Å². The van der Waals surface area contributed by atoms with Gasteiger partial charge in [0.1, 0.15) is 0 Å². The van der Waals surface area contributed by atoms with Crippen molar-refractivity contribution >= 4 is 29.1 Å². The van der Waals surface area contributed by atoms with Crippen LogP contribution in [-0.4, -0.2) is 23.4 Å². The van der Waals surface area contributed by atoms with Crippen LogP contribution in [0.25, 0.3) is 0 Å². The van der Waals surface area contributed by atoms with E-state index in [-0.39, 0.29) is 5.84 Å². The number of amides is 2. The first-order valence-corrected chi connectivity index (χ1v) is 9.08. The van der Waals surface area contributed by atoms with Crippen molar-refractivity contribution in [2.45, 2.75) is 0 Å². The van der Waals surface area contributed by atoms with Crippen molar-refractivity contribution in [2.24, 2.45) is 11.0 Å². The van der Waals surface area contributed by atoms with Gasteiger partial charge in [-0.2, -0.15) is 10.1 Å². The molecule has 3 aromatic carbocycles. The molecule has 0 saturated heterocycles. The average molecular weight is 383 g/mol. The van der Waals surface area contributed by atoms with Gasteiger partial charge in [-0.05, 0) is 24.3 Å². The summed E-state index contributed by atoms with van der Waals surface area (Å²) in [5.74, 6) is -2.56. The summed E-state index contributed by atoms with van der Waals surface area (Å²) in [6.45, 7) is 0. The van der Waals surface area contributed by atoms with Crippen LogP contribution >= 0.6 is 0 Å². The number of anilines is 1. The third-order valence-corrected chi connectivity index (χ3v) is 4.54. The normalized spacial score (nSPS) is 15.7. The van der Waals surface area contributed by atoms with Crippen LogP contribution in [0.5, 0.6) is 0 Å². The van der Waals surface area contributed by atoms with Crippen molar-refractivity contribution in [1.29, 1.82) is 0 Å². The smallest absolute Gasteiger partial charge is 0.266 e. The molecule has 0 aliphatic carbocycles. The van der Waals surface area contributed by atoms with Crippen molar-refractivity contribution in [2.75, 3.05) is 5.01 Å². The first-order chi connectivity index (χ1) is 14.1. The van der Waals surface area contributed by atoms with Gasteiger partial charge in [0.15, 0.2) is 17.5 Å². The first kappa shape index (κ1) is 18.3. The molecule has 0 aromatic heterocycles. The Kier molecular flexibility index (Phi) is 4.99. The molecule has 0 saturated carbocycles. The summed E-state index contributed by atoms with van der Waals surface area (Å²) in [5.41, 5.74) is 1.31. The molecule has 1 N–H and O–H groups in total. The van der Waals surface area contributed by atoms with Crippen LogP contribution in [0.1, 0.15) is 20.7 Å². The molecule has 6 nitrogen and oxygen atoms in total. The number of carbonyl (C=O) groups is 3. The second-order valence-corrected chi connectivity index (χ2v) is 6.45. The Morgan fingerprint density at radius 1 is 0.759 bits per heavy atom. The Morgan fingerprint density at radius 3 is 1.86 bits per heavy atom. The Hall–Kier alpha value is -4.06. The molecule has 0 fully saturated rings. The van der Waals surface area contributed by atoms with Crippen molar-refractivity contribution in [3.8, 4) is 0 Å². The topological polar surface area (TPSA) is 78.8 Å². The quantitative estimate of drug-likeness (QED) is 0.555. The highest BCUT2D eigenvalue weighted by Crippen LogP contribution is 2.25. The molecular weight excluding hydrogens is 366 g/mol. The maximum absolute atomic E-state index is 13.1. The highest BCUT2D eigenvalue weighted by atomic mass is 16.2. The monoisotopic (exact) mass is 383 g/mol. The fraction of sp³-hybridized carbons (Fsp3) is 0.0435. The summed E-state index contributed by atoms with van der Waals surface area (Å²) in [5, 5.41) is 8.09. The van der Waals surface area contributed by atoms with E-state index in [9.17, 15) is 14.4 Å². The minimum absolute atomic E-state index is 0.0153. The SMILES string of the molecule is O=C(NC1=NN(c2ccccc2)C(=O)C1C(=O)c1ccccc1)c1ccccc1. The van der Waals surface area contributed by atoms with Crippen molar-refractivity contribution < 1.29 is 14.4 Å². The summed E-state index contributed by atoms with van der Waals surface area (Å²) in [4.78, 5) is 38.8. The standard InChI is InChI=1S/C23H17N3O3/c27-20(16-10-4-1-5-11-16)19-21(24-22(28)17-12-6-2-7-13-17)25-26(23(19)29)18-14-8-3-9-15-18/h1-15,19H,(H,24,25,28). The van der Waals surface area contributed by atoms with Gasteiger partial charge in [0.2, 0.25) is 0 Å². The molecule has 1 unspecified atom stereocenters. The van der Waals surface area contributed by atoms with Crippen molar-refractivity contribution in [1.82, 2.24) is 5.32 Å². The lowest BCUT2D eigenvalue weighted by Gasteiger charge is -2.14. The molecular formula is C23H17N3O3. The lowest BCUT2D eigenvalue weighted by atomic mass is 9.96. The summed E-state index contributed by atoms with van der Waals surface area (Å²) in [6, 6.07) is 25.9. The Balaban J connectivity index is 1.69. The van der Waals surface area contributed by atoms with Crippen molar-refractivity contribution in [3.05, 3.63) is 102 Å². The maximum Gasteiger partial charge on any atom is 0.266 e. The van der Waals surface area contributed by atoms with Gasteiger partial charge < -0.3 is 5.32 Å². The molecule has 142 valence electrons. The van der Waals surface area contributed by atoms with E-state index in [0.29, 0.717) is 16.8 Å². The minimum Gasteiger partial charge on any atom is -0.308 e. The van der Waals surface area contributed by atoms with Gasteiger partial charge >= 0.3 is 0 Å². The zero-order chi connectivity index (χ0) is 20.2. The summed E-state index contributed by atoms with van der Waals surface area (Å²) in [7, 11) is 0. The molecule has 1 heterocycles. The number of para-hydroxylation sites is 1. The molecule has 2 amide bonds. The number of Topliss-reactive ketones (excluding diaryl/α,β-unsaturated/α-hetero) is 1. The number of rotatable bonds is 4. The van der Waals surface area contributed by atoms with Gasteiger partial charge in [0.25, 0.3) is 11.8 Å². The molecule has 0 spiro atoms. The number of carbonyl (C=O) groups excluding carboxylic acids is 3. The van der Waals surface area contributed by atoms with Gasteiger partial charge in [0, 0.05) is 11.1 Å². The Morgan fingerprint density at radius 2 is 1.28 bits per heavy atom. The number of amidine groups is 1. The lowest BCUT2D eigenvalue weighted by Crippen LogP contribution is -2.41. The molecule has 1 aliphatic rings. The predicted molar refractivity (Wildman–Crippen MR) is 110 cm³/mol. The van der Waals surface area contributed by atoms with Gasteiger partial charge in [-0.1, -0.05) is 66.7 Å². The number of ketones is 1. The second kappa shape index (κ2) is 7.90. The number of benzene rings is 3. The largest absolute Gasteiger partial charge is 0.308 e. The number of hydrogen-bond acceptors (Lipinski definition) is 4. The second-order valence-electron chi connectivity index (χ2n) is 6.45. The van der Waals surface area contributed by atoms with E-state index in [1.807, 2.05) is 6.07 Å². The highest BCUT2D eigenvalue weighted by molar-refractivity contribution is 6.32. The van der Waals surface area contributed by atoms with E-state index >= 15 is 0 Å². The van der Waals surface area contributed by atoms with E-state index in [2.05, 4.69) is 10.4 Å². The summed E-state index contributed by atoms with van der Waals surface area (Å²) >= 11 is 0.